The first-order valence-electron chi connectivity index (χ1n) is 3.89. The molecule has 0 saturated carbocycles. The van der Waals surface area contributed by atoms with Crippen molar-refractivity contribution in [2.24, 2.45) is 4.99 Å². The first-order valence-corrected chi connectivity index (χ1v) is 3.89. The molecule has 1 aromatic carbocycles. The van der Waals surface area contributed by atoms with Crippen molar-refractivity contribution in [1.29, 1.82) is 0 Å². The molecule has 1 heteroatoms. The summed E-state index contributed by atoms with van der Waals surface area (Å²) < 4.78 is 0. The van der Waals surface area contributed by atoms with Gasteiger partial charge in [-0.2, -0.15) is 0 Å². The minimum Gasteiger partial charge on any atom is -0.265 e. The maximum atomic E-state index is 3.84. The van der Waals surface area contributed by atoms with Crippen molar-refractivity contribution in [3.8, 4) is 0 Å². The Labute approximate surface area is 73.5 Å². The third-order valence-corrected chi connectivity index (χ3v) is 1.96. The number of nitrogens with zero attached hydrogens (tertiary/aromatic N) is 1. The van der Waals surface area contributed by atoms with Crippen LogP contribution in [0.2, 0.25) is 0 Å². The molecule has 0 bridgehead atoms. The molecule has 0 amide bonds. The van der Waals surface area contributed by atoms with Crippen molar-refractivity contribution in [1.82, 2.24) is 0 Å². The second-order valence-corrected chi connectivity index (χ2v) is 2.87. The van der Waals surface area contributed by atoms with Crippen LogP contribution in [0.25, 0.3) is 5.70 Å². The summed E-state index contributed by atoms with van der Waals surface area (Å²) in [5.41, 5.74) is 4.28. The molecule has 0 unspecified atom stereocenters. The fourth-order valence-corrected chi connectivity index (χ4v) is 1.35. The molecule has 0 aromatic heterocycles. The molecule has 1 aromatic rings. The van der Waals surface area contributed by atoms with E-state index in [1.165, 1.54) is 11.1 Å². The highest BCUT2D eigenvalue weighted by atomic mass is 14.7. The molecule has 0 spiro atoms. The van der Waals surface area contributed by atoms with Gasteiger partial charge in [0.2, 0.25) is 0 Å². The van der Waals surface area contributed by atoms with Gasteiger partial charge in [-0.3, -0.25) is 4.99 Å². The number of benzene rings is 1. The average Bonchev–Trinajstić information content (AvgIpc) is 2.03. The van der Waals surface area contributed by atoms with Gasteiger partial charge in [0.15, 0.2) is 0 Å². The van der Waals surface area contributed by atoms with Gasteiger partial charge in [-0.1, -0.05) is 24.8 Å². The molecule has 0 aliphatic carbocycles. The number of aliphatic imine (C=N–C) groups is 1. The molecule has 0 atom stereocenters. The van der Waals surface area contributed by atoms with E-state index in [4.69, 9.17) is 0 Å². The molecular weight excluding hydrogens is 146 g/mol. The summed E-state index contributed by atoms with van der Waals surface area (Å²) in [7, 11) is 0. The van der Waals surface area contributed by atoms with Crippen LogP contribution in [0.4, 0.5) is 0 Å². The zero-order chi connectivity index (χ0) is 9.14. The van der Waals surface area contributed by atoms with E-state index in [2.05, 4.69) is 44.3 Å². The highest BCUT2D eigenvalue weighted by Gasteiger charge is 2.03. The van der Waals surface area contributed by atoms with Crippen molar-refractivity contribution in [2.45, 2.75) is 13.8 Å². The van der Waals surface area contributed by atoms with Crippen LogP contribution in [0.5, 0.6) is 0 Å². The van der Waals surface area contributed by atoms with E-state index in [0.717, 1.165) is 11.3 Å². The van der Waals surface area contributed by atoms with Gasteiger partial charge in [0.1, 0.15) is 0 Å². The number of rotatable bonds is 2. The van der Waals surface area contributed by atoms with Crippen molar-refractivity contribution < 1.29 is 0 Å². The van der Waals surface area contributed by atoms with Gasteiger partial charge < -0.3 is 0 Å². The largest absolute Gasteiger partial charge is 0.265 e. The maximum absolute atomic E-state index is 3.84. The van der Waals surface area contributed by atoms with E-state index in [0.29, 0.717) is 0 Å². The predicted octanol–water partition coefficient (Wildman–Crippen LogP) is 2.97. The van der Waals surface area contributed by atoms with Gasteiger partial charge in [-0.25, -0.2) is 0 Å². The number of hydrogen-bond donors (Lipinski definition) is 0. The van der Waals surface area contributed by atoms with E-state index >= 15 is 0 Å². The highest BCUT2D eigenvalue weighted by Crippen LogP contribution is 2.21. The topological polar surface area (TPSA) is 12.4 Å². The summed E-state index contributed by atoms with van der Waals surface area (Å²) in [6, 6.07) is 6.14. The Balaban J connectivity index is 3.30. The quantitative estimate of drug-likeness (QED) is 0.588. The van der Waals surface area contributed by atoms with Crippen molar-refractivity contribution >= 4 is 12.4 Å². The molecule has 0 aliphatic rings. The fraction of sp³-hybridized carbons (Fsp3) is 0.182. The van der Waals surface area contributed by atoms with Crippen LogP contribution in [0, 0.1) is 13.8 Å². The van der Waals surface area contributed by atoms with Crippen LogP contribution in [0.3, 0.4) is 0 Å². The Bertz CT molecular complexity index is 304. The zero-order valence-corrected chi connectivity index (χ0v) is 7.59. The Morgan fingerprint density at radius 3 is 2.17 bits per heavy atom. The molecule has 0 radical (unpaired) electrons. The van der Waals surface area contributed by atoms with Crippen LogP contribution in [0.1, 0.15) is 16.7 Å². The molecule has 0 heterocycles. The van der Waals surface area contributed by atoms with Gasteiger partial charge in [-0.05, 0) is 31.7 Å². The van der Waals surface area contributed by atoms with E-state index in [1.807, 2.05) is 6.07 Å². The minimum atomic E-state index is 0.755. The lowest BCUT2D eigenvalue weighted by Crippen LogP contribution is -1.89. The van der Waals surface area contributed by atoms with Gasteiger partial charge in [0.25, 0.3) is 0 Å². The summed E-state index contributed by atoms with van der Waals surface area (Å²) in [5.74, 6) is 0. The molecule has 0 saturated heterocycles. The summed E-state index contributed by atoms with van der Waals surface area (Å²) in [6.07, 6.45) is 0. The first kappa shape index (κ1) is 8.72. The summed E-state index contributed by atoms with van der Waals surface area (Å²) in [6.45, 7) is 11.4. The SMILES string of the molecule is C=NC(=C)c1c(C)cccc1C. The van der Waals surface area contributed by atoms with E-state index in [1.54, 1.807) is 0 Å². The molecular formula is C11H13N. The molecule has 0 fully saturated rings. The lowest BCUT2D eigenvalue weighted by atomic mass is 10.0. The first-order chi connectivity index (χ1) is 5.66. The molecule has 62 valence electrons. The van der Waals surface area contributed by atoms with Crippen LogP contribution in [0.15, 0.2) is 29.8 Å². The Hall–Kier alpha value is -1.37. The Morgan fingerprint density at radius 1 is 1.25 bits per heavy atom. The van der Waals surface area contributed by atoms with Crippen molar-refractivity contribution in [2.75, 3.05) is 0 Å². The monoisotopic (exact) mass is 159 g/mol. The zero-order valence-electron chi connectivity index (χ0n) is 7.59. The number of hydrogen-bond acceptors (Lipinski definition) is 1. The van der Waals surface area contributed by atoms with Crippen LogP contribution in [-0.2, 0) is 0 Å². The van der Waals surface area contributed by atoms with E-state index in [9.17, 15) is 0 Å². The van der Waals surface area contributed by atoms with Crippen LogP contribution in [-0.4, -0.2) is 6.72 Å². The molecule has 12 heavy (non-hydrogen) atoms. The van der Waals surface area contributed by atoms with E-state index in [-0.39, 0.29) is 0 Å². The van der Waals surface area contributed by atoms with Gasteiger partial charge in [-0.15, -0.1) is 0 Å². The molecule has 0 N–H and O–H groups in total. The third-order valence-electron chi connectivity index (χ3n) is 1.96. The lowest BCUT2D eigenvalue weighted by molar-refractivity contribution is 1.32. The summed E-state index contributed by atoms with van der Waals surface area (Å²) in [4.78, 5) is 3.84. The Morgan fingerprint density at radius 2 is 1.75 bits per heavy atom. The minimum absolute atomic E-state index is 0.755. The van der Waals surface area contributed by atoms with E-state index < -0.39 is 0 Å². The summed E-state index contributed by atoms with van der Waals surface area (Å²) in [5, 5.41) is 0. The third kappa shape index (κ3) is 1.45. The van der Waals surface area contributed by atoms with Gasteiger partial charge in [0.05, 0.1) is 5.70 Å². The number of aryl methyl sites for hydroxylation is 2. The molecule has 1 rings (SSSR count). The van der Waals surface area contributed by atoms with Crippen LogP contribution < -0.4 is 0 Å². The average molecular weight is 159 g/mol. The lowest BCUT2D eigenvalue weighted by Gasteiger charge is -2.07. The Kier molecular flexibility index (Phi) is 2.44. The van der Waals surface area contributed by atoms with Crippen LogP contribution >= 0.6 is 0 Å². The fourth-order valence-electron chi connectivity index (χ4n) is 1.35. The predicted molar refractivity (Wildman–Crippen MR) is 54.5 cm³/mol. The molecule has 0 aliphatic heterocycles. The molecule has 1 nitrogen and oxygen atoms in total. The standard InChI is InChI=1S/C11H13N/c1-8-6-5-7-9(2)11(8)10(3)12-4/h5-7H,3-4H2,1-2H3. The maximum Gasteiger partial charge on any atom is 0.0628 e. The highest BCUT2D eigenvalue weighted by molar-refractivity contribution is 5.70. The second kappa shape index (κ2) is 3.35. The smallest absolute Gasteiger partial charge is 0.0628 e. The van der Waals surface area contributed by atoms with Crippen molar-refractivity contribution in [3.05, 3.63) is 41.5 Å². The van der Waals surface area contributed by atoms with Gasteiger partial charge in [0, 0.05) is 5.56 Å². The van der Waals surface area contributed by atoms with Gasteiger partial charge >= 0.3 is 0 Å². The second-order valence-electron chi connectivity index (χ2n) is 2.87. The normalized spacial score (nSPS) is 9.50. The van der Waals surface area contributed by atoms with Crippen molar-refractivity contribution in [3.63, 3.8) is 0 Å². The summed E-state index contributed by atoms with van der Waals surface area (Å²) >= 11 is 0.